The van der Waals surface area contributed by atoms with Gasteiger partial charge in [0.1, 0.15) is 23.9 Å². The highest BCUT2D eigenvalue weighted by molar-refractivity contribution is 6.73. The van der Waals surface area contributed by atoms with Gasteiger partial charge in [0.05, 0.1) is 29.1 Å². The molecule has 0 heterocycles. The van der Waals surface area contributed by atoms with E-state index in [1.165, 1.54) is 32.9 Å². The van der Waals surface area contributed by atoms with E-state index in [1.54, 1.807) is 45.9 Å². The molecule has 0 aliphatic heterocycles. The van der Waals surface area contributed by atoms with E-state index in [4.69, 9.17) is 23.4 Å². The molecule has 0 aromatic heterocycles. The van der Waals surface area contributed by atoms with Crippen molar-refractivity contribution in [3.05, 3.63) is 47.0 Å². The second kappa shape index (κ2) is 14.9. The van der Waals surface area contributed by atoms with Crippen molar-refractivity contribution in [1.82, 2.24) is 0 Å². The number of fused-ring (bicyclic) bond motifs is 3. The molecule has 3 aliphatic rings. The molecule has 2 bridgehead atoms. The monoisotopic (exact) mass is 730 g/mol. The molecule has 3 aliphatic carbocycles. The van der Waals surface area contributed by atoms with Gasteiger partial charge in [-0.05, 0) is 55.3 Å². The van der Waals surface area contributed by atoms with Crippen molar-refractivity contribution in [1.29, 1.82) is 0 Å². The van der Waals surface area contributed by atoms with Gasteiger partial charge < -0.3 is 33.6 Å². The molecule has 51 heavy (non-hydrogen) atoms. The Morgan fingerprint density at radius 2 is 1.41 bits per heavy atom. The van der Waals surface area contributed by atoms with Crippen LogP contribution in [0.15, 0.2) is 41.5 Å². The summed E-state index contributed by atoms with van der Waals surface area (Å²) in [4.78, 5) is 68.1. The van der Waals surface area contributed by atoms with Gasteiger partial charge in [0.25, 0.3) is 0 Å². The Kier molecular flexibility index (Phi) is 11.8. The summed E-state index contributed by atoms with van der Waals surface area (Å²) >= 11 is 0. The number of ketones is 1. The van der Waals surface area contributed by atoms with Crippen LogP contribution in [0.25, 0.3) is 0 Å². The minimum Gasteiger partial charge on any atom is -0.458 e. The number of aliphatic hydroxyl groups excluding tert-OH is 1. The molecule has 12 nitrogen and oxygen atoms in total. The van der Waals surface area contributed by atoms with E-state index in [9.17, 15) is 29.4 Å². The fraction of sp³-hybridized carbons (Fsp3) is 0.658. The fourth-order valence-corrected chi connectivity index (χ4v) is 11.8. The Balaban J connectivity index is 2.18. The van der Waals surface area contributed by atoms with Crippen molar-refractivity contribution in [2.45, 2.75) is 142 Å². The van der Waals surface area contributed by atoms with Gasteiger partial charge in [-0.1, -0.05) is 52.8 Å². The Bertz CT molecular complexity index is 1540. The molecule has 0 radical (unpaired) electrons. The summed E-state index contributed by atoms with van der Waals surface area (Å²) in [6, 6.07) is 10.1. The molecule has 2 N–H and O–H groups in total. The molecule has 13 heteroatoms. The number of Topliss-reactive ketones (excluding diaryl/α,β-unsaturated/α-hetero) is 1. The van der Waals surface area contributed by atoms with Gasteiger partial charge in [-0.15, -0.1) is 0 Å². The van der Waals surface area contributed by atoms with Crippen LogP contribution in [0.4, 0.5) is 0 Å². The van der Waals surface area contributed by atoms with Crippen LogP contribution < -0.4 is 0 Å². The Hall–Kier alpha value is -3.39. The summed E-state index contributed by atoms with van der Waals surface area (Å²) in [5.41, 5.74) is -4.80. The van der Waals surface area contributed by atoms with Crippen LogP contribution >= 0.6 is 0 Å². The lowest BCUT2D eigenvalue weighted by atomic mass is 9.47. The summed E-state index contributed by atoms with van der Waals surface area (Å²) in [6.07, 6.45) is -8.74. The highest BCUT2D eigenvalue weighted by Gasteiger charge is 2.73. The lowest BCUT2D eigenvalue weighted by molar-refractivity contribution is -0.254. The van der Waals surface area contributed by atoms with E-state index in [1.807, 2.05) is 20.8 Å². The predicted octanol–water partition coefficient (Wildman–Crippen LogP) is 4.84. The van der Waals surface area contributed by atoms with E-state index in [-0.39, 0.29) is 24.0 Å². The van der Waals surface area contributed by atoms with Crippen LogP contribution in [0.2, 0.25) is 18.1 Å². The molecule has 282 valence electrons. The number of ether oxygens (including phenoxy) is 4. The average molecular weight is 731 g/mol. The van der Waals surface area contributed by atoms with Gasteiger partial charge in [0.2, 0.25) is 0 Å². The topological polar surface area (TPSA) is 172 Å². The number of hydrogen-bond donors (Lipinski definition) is 2. The Labute approximate surface area is 301 Å². The first kappa shape index (κ1) is 40.4. The van der Waals surface area contributed by atoms with Crippen molar-refractivity contribution in [2.75, 3.05) is 0 Å². The summed E-state index contributed by atoms with van der Waals surface area (Å²) in [5, 5.41) is 24.8. The zero-order chi connectivity index (χ0) is 38.3. The van der Waals surface area contributed by atoms with Gasteiger partial charge in [-0.2, -0.15) is 0 Å². The van der Waals surface area contributed by atoms with Crippen LogP contribution in [0.5, 0.6) is 0 Å². The number of carbonyl (C=O) groups is 5. The Morgan fingerprint density at radius 1 is 0.863 bits per heavy atom. The van der Waals surface area contributed by atoms with Crippen molar-refractivity contribution in [2.24, 2.45) is 16.7 Å². The van der Waals surface area contributed by atoms with Crippen LogP contribution in [0, 0.1) is 16.7 Å². The quantitative estimate of drug-likeness (QED) is 0.145. The average Bonchev–Trinajstić information content (AvgIpc) is 3.06. The highest BCUT2D eigenvalue weighted by atomic mass is 28.4. The van der Waals surface area contributed by atoms with E-state index in [0.29, 0.717) is 23.7 Å². The zero-order valence-electron chi connectivity index (χ0n) is 31.4. The number of aliphatic hydroxyl groups is 2. The van der Waals surface area contributed by atoms with Crippen LogP contribution in [-0.2, 0) is 42.6 Å². The van der Waals surface area contributed by atoms with Crippen LogP contribution in [0.3, 0.4) is 0 Å². The van der Waals surface area contributed by atoms with Gasteiger partial charge in [-0.25, -0.2) is 4.79 Å². The summed E-state index contributed by atoms with van der Waals surface area (Å²) in [6.45, 7) is 16.1. The maximum absolute atomic E-state index is 15.6. The fourth-order valence-electron chi connectivity index (χ4n) is 8.86. The second-order valence-corrected chi connectivity index (χ2v) is 19.8. The minimum atomic E-state index is -2.60. The minimum absolute atomic E-state index is 0.0837. The number of esters is 4. The molecule has 2 saturated carbocycles. The van der Waals surface area contributed by atoms with Gasteiger partial charge in [-0.3, -0.25) is 19.2 Å². The highest BCUT2D eigenvalue weighted by Crippen LogP contribution is 2.61. The molecule has 0 spiro atoms. The van der Waals surface area contributed by atoms with Crippen LogP contribution in [-0.4, -0.2) is 90.4 Å². The van der Waals surface area contributed by atoms with Gasteiger partial charge >= 0.3 is 23.9 Å². The third-order valence-corrected chi connectivity index (χ3v) is 16.7. The van der Waals surface area contributed by atoms with Crippen molar-refractivity contribution in [3.8, 4) is 0 Å². The zero-order valence-corrected chi connectivity index (χ0v) is 32.4. The number of hydrogen-bond acceptors (Lipinski definition) is 12. The molecule has 0 saturated heterocycles. The molecule has 0 amide bonds. The smallest absolute Gasteiger partial charge is 0.338 e. The maximum Gasteiger partial charge on any atom is 0.338 e. The number of benzene rings is 1. The molecule has 1 aromatic rings. The molecule has 1 aromatic carbocycles. The first-order chi connectivity index (χ1) is 23.7. The van der Waals surface area contributed by atoms with Crippen molar-refractivity contribution < 1.29 is 57.6 Å². The SMILES string of the molecule is CC[Si](CC)(CC)OC1C[C@H](OC(C)=O)[C@H](OC(C)=O)C2[C@H](OC(=O)c3ccccc3)[C@]3(O)C[C@H](O)C(C)=C([C@@H](OC(C)=O)C(=O)[C@]12C)C3(C)C. The molecule has 4 rings (SSSR count). The maximum atomic E-state index is 15.6. The summed E-state index contributed by atoms with van der Waals surface area (Å²) < 4.78 is 31.2. The van der Waals surface area contributed by atoms with Crippen LogP contribution in [0.1, 0.15) is 92.4 Å². The molecule has 2 fully saturated rings. The molecular formula is C38H54O12Si. The normalized spacial score (nSPS) is 33.3. The van der Waals surface area contributed by atoms with E-state index in [2.05, 4.69) is 0 Å². The molecular weight excluding hydrogens is 676 g/mol. The van der Waals surface area contributed by atoms with E-state index < -0.39 is 97.0 Å². The first-order valence-corrected chi connectivity index (χ1v) is 20.4. The predicted molar refractivity (Wildman–Crippen MR) is 188 cm³/mol. The summed E-state index contributed by atoms with van der Waals surface area (Å²) in [5.74, 6) is -5.16. The lowest BCUT2D eigenvalue weighted by Gasteiger charge is -2.63. The van der Waals surface area contributed by atoms with Gasteiger partial charge in [0.15, 0.2) is 20.2 Å². The summed E-state index contributed by atoms with van der Waals surface area (Å²) in [7, 11) is -2.60. The third kappa shape index (κ3) is 7.06. The number of rotatable bonds is 10. The molecule has 2 unspecified atom stereocenters. The third-order valence-electron chi connectivity index (χ3n) is 12.0. The lowest BCUT2D eigenvalue weighted by Crippen LogP contribution is -2.75. The van der Waals surface area contributed by atoms with Gasteiger partial charge in [0, 0.05) is 39.0 Å². The standard InChI is InChI=1S/C38H54O12Si/c1-11-51(12-2,13-3)50-28-19-27(46-22(5)39)31(47-23(6)40)30-34(49-35(44)25-17-15-14-16-18-25)38(45)20-26(42)21(4)29(36(38,8)9)32(48-24(7)41)33(43)37(28,30)10/h14-18,26-28,30-32,34,42,45H,11-13,19-20H2,1-10H3/t26-,27-,28?,30?,31-,32+,34-,37+,38+/m0/s1. The Morgan fingerprint density at radius 3 is 1.92 bits per heavy atom. The van der Waals surface area contributed by atoms with E-state index in [0.717, 1.165) is 0 Å². The largest absolute Gasteiger partial charge is 0.458 e. The second-order valence-electron chi connectivity index (χ2n) is 15.0. The van der Waals surface area contributed by atoms with Crippen molar-refractivity contribution >= 4 is 38.0 Å². The van der Waals surface area contributed by atoms with E-state index >= 15 is 4.79 Å². The molecule has 9 atom stereocenters. The van der Waals surface area contributed by atoms with Crippen molar-refractivity contribution in [3.63, 3.8) is 0 Å². The first-order valence-electron chi connectivity index (χ1n) is 17.9. The number of carbonyl (C=O) groups excluding carboxylic acids is 5.